The minimum Gasteiger partial charge on any atom is -0.544 e. The molecule has 0 unspecified atom stereocenters. The van der Waals surface area contributed by atoms with E-state index in [2.05, 4.69) is 43.4 Å². The molecule has 0 fully saturated rings. The molecule has 0 heterocycles. The highest BCUT2D eigenvalue weighted by Gasteiger charge is 2.23. The van der Waals surface area contributed by atoms with Gasteiger partial charge in [-0.2, -0.15) is 5.26 Å². The first kappa shape index (κ1) is 13.6. The highest BCUT2D eigenvalue weighted by Crippen LogP contribution is 2.25. The van der Waals surface area contributed by atoms with Gasteiger partial charge < -0.3 is 4.43 Å². The van der Waals surface area contributed by atoms with Crippen LogP contribution in [0.4, 0.5) is 0 Å². The van der Waals surface area contributed by atoms with E-state index in [9.17, 15) is 0 Å². The molecule has 0 N–H and O–H groups in total. The van der Waals surface area contributed by atoms with Crippen molar-refractivity contribution < 1.29 is 4.43 Å². The predicted octanol–water partition coefficient (Wildman–Crippen LogP) is 4.73. The molecule has 0 amide bonds. The molecule has 19 heavy (non-hydrogen) atoms. The number of rotatable bonds is 5. The molecule has 98 valence electrons. The highest BCUT2D eigenvalue weighted by molar-refractivity contribution is 6.71. The van der Waals surface area contributed by atoms with E-state index in [1.807, 2.05) is 18.2 Å². The van der Waals surface area contributed by atoms with E-state index in [1.165, 1.54) is 10.8 Å². The number of hydrogen-bond donors (Lipinski definition) is 0. The van der Waals surface area contributed by atoms with Gasteiger partial charge in [-0.3, -0.25) is 0 Å². The van der Waals surface area contributed by atoms with Crippen LogP contribution in [0.15, 0.2) is 42.5 Å². The summed E-state index contributed by atoms with van der Waals surface area (Å²) in [6.45, 7) is 4.42. The van der Waals surface area contributed by atoms with Crippen molar-refractivity contribution >= 4 is 19.1 Å². The molecule has 0 aliphatic rings. The number of nitriles is 1. The van der Waals surface area contributed by atoms with Gasteiger partial charge in [0.15, 0.2) is 0 Å². The zero-order valence-corrected chi connectivity index (χ0v) is 12.5. The Morgan fingerprint density at radius 3 is 2.58 bits per heavy atom. The molecule has 2 nitrogen and oxygen atoms in total. The third kappa shape index (κ3) is 3.83. The first-order chi connectivity index (χ1) is 9.11. The number of nitrogens with zero attached hydrogens (tertiary/aromatic N) is 1. The topological polar surface area (TPSA) is 33.0 Å². The molecular formula is C16H19NOSi. The zero-order chi connectivity index (χ0) is 13.7. The second kappa shape index (κ2) is 5.90. The SMILES string of the molecule is C[Si](C)(CCCC#N)Oc1ccc2ccccc2c1. The van der Waals surface area contributed by atoms with Crippen molar-refractivity contribution in [2.24, 2.45) is 0 Å². The molecule has 2 rings (SSSR count). The van der Waals surface area contributed by atoms with E-state index >= 15 is 0 Å². The van der Waals surface area contributed by atoms with E-state index < -0.39 is 8.32 Å². The van der Waals surface area contributed by atoms with Crippen LogP contribution in [0.5, 0.6) is 5.75 Å². The van der Waals surface area contributed by atoms with Gasteiger partial charge in [0, 0.05) is 6.42 Å². The lowest BCUT2D eigenvalue weighted by Crippen LogP contribution is -2.33. The number of benzene rings is 2. The molecule has 2 aromatic rings. The Kier molecular flexibility index (Phi) is 4.23. The Morgan fingerprint density at radius 2 is 1.84 bits per heavy atom. The van der Waals surface area contributed by atoms with Crippen LogP contribution in [-0.2, 0) is 0 Å². The molecule has 0 bridgehead atoms. The van der Waals surface area contributed by atoms with Gasteiger partial charge in [0.05, 0.1) is 6.07 Å². The van der Waals surface area contributed by atoms with Gasteiger partial charge in [-0.15, -0.1) is 0 Å². The molecule has 0 atom stereocenters. The van der Waals surface area contributed by atoms with Crippen LogP contribution >= 0.6 is 0 Å². The second-order valence-corrected chi connectivity index (χ2v) is 9.61. The Morgan fingerprint density at radius 1 is 1.11 bits per heavy atom. The third-order valence-electron chi connectivity index (χ3n) is 3.18. The van der Waals surface area contributed by atoms with Gasteiger partial charge >= 0.3 is 0 Å². The van der Waals surface area contributed by atoms with Gasteiger partial charge in [0.25, 0.3) is 0 Å². The molecule has 0 aliphatic carbocycles. The van der Waals surface area contributed by atoms with Crippen LogP contribution in [0.2, 0.25) is 19.1 Å². The Bertz CT molecular complexity index is 601. The standard InChI is InChI=1S/C16H19NOSi/c1-19(2,12-6-5-11-17)18-16-10-9-14-7-3-4-8-15(14)13-16/h3-4,7-10,13H,5-6,12H2,1-2H3. The quantitative estimate of drug-likeness (QED) is 0.581. The van der Waals surface area contributed by atoms with Crippen LogP contribution in [0, 0.1) is 11.3 Å². The van der Waals surface area contributed by atoms with Gasteiger partial charge in [-0.05, 0) is 48.5 Å². The Balaban J connectivity index is 2.10. The minimum atomic E-state index is -1.72. The summed E-state index contributed by atoms with van der Waals surface area (Å²) in [6.07, 6.45) is 1.56. The van der Waals surface area contributed by atoms with Crippen molar-refractivity contribution in [1.82, 2.24) is 0 Å². The maximum atomic E-state index is 8.60. The minimum absolute atomic E-state index is 0.623. The first-order valence-electron chi connectivity index (χ1n) is 6.65. The molecule has 2 aromatic carbocycles. The van der Waals surface area contributed by atoms with Crippen LogP contribution in [-0.4, -0.2) is 8.32 Å². The van der Waals surface area contributed by atoms with Crippen LogP contribution in [0.3, 0.4) is 0 Å². The average molecular weight is 269 g/mol. The molecular weight excluding hydrogens is 250 g/mol. The average Bonchev–Trinajstić information content (AvgIpc) is 2.38. The van der Waals surface area contributed by atoms with Crippen molar-refractivity contribution in [3.63, 3.8) is 0 Å². The van der Waals surface area contributed by atoms with E-state index in [-0.39, 0.29) is 0 Å². The van der Waals surface area contributed by atoms with Crippen LogP contribution < -0.4 is 4.43 Å². The normalized spacial score (nSPS) is 11.2. The van der Waals surface area contributed by atoms with E-state index in [4.69, 9.17) is 9.69 Å². The molecule has 0 spiro atoms. The molecule has 0 radical (unpaired) electrons. The highest BCUT2D eigenvalue weighted by atomic mass is 28.4. The zero-order valence-electron chi connectivity index (χ0n) is 11.5. The number of hydrogen-bond acceptors (Lipinski definition) is 2. The summed E-state index contributed by atoms with van der Waals surface area (Å²) in [5, 5.41) is 11.0. The monoisotopic (exact) mass is 269 g/mol. The van der Waals surface area contributed by atoms with Crippen molar-refractivity contribution in [3.8, 4) is 11.8 Å². The van der Waals surface area contributed by atoms with Gasteiger partial charge in [-0.25, -0.2) is 0 Å². The predicted molar refractivity (Wildman–Crippen MR) is 81.7 cm³/mol. The largest absolute Gasteiger partial charge is 0.544 e. The number of unbranched alkanes of at least 4 members (excludes halogenated alkanes) is 1. The van der Waals surface area contributed by atoms with Crippen LogP contribution in [0.25, 0.3) is 10.8 Å². The maximum absolute atomic E-state index is 8.60. The summed E-state index contributed by atoms with van der Waals surface area (Å²) < 4.78 is 6.19. The fourth-order valence-electron chi connectivity index (χ4n) is 2.19. The molecule has 0 aliphatic heterocycles. The van der Waals surface area contributed by atoms with E-state index in [1.54, 1.807) is 0 Å². The summed E-state index contributed by atoms with van der Waals surface area (Å²) >= 11 is 0. The van der Waals surface area contributed by atoms with Crippen molar-refractivity contribution in [2.75, 3.05) is 0 Å². The van der Waals surface area contributed by atoms with Gasteiger partial charge in [-0.1, -0.05) is 30.3 Å². The number of fused-ring (bicyclic) bond motifs is 1. The lowest BCUT2D eigenvalue weighted by molar-refractivity contribution is 0.544. The summed E-state index contributed by atoms with van der Waals surface area (Å²) in [6, 6.07) is 17.8. The lowest BCUT2D eigenvalue weighted by Gasteiger charge is -2.24. The summed E-state index contributed by atoms with van der Waals surface area (Å²) in [4.78, 5) is 0. The van der Waals surface area contributed by atoms with E-state index in [0.717, 1.165) is 18.2 Å². The van der Waals surface area contributed by atoms with Crippen LogP contribution in [0.1, 0.15) is 12.8 Å². The van der Waals surface area contributed by atoms with E-state index in [0.29, 0.717) is 6.42 Å². The molecule has 3 heteroatoms. The molecule has 0 saturated carbocycles. The van der Waals surface area contributed by atoms with Gasteiger partial charge in [0.2, 0.25) is 8.32 Å². The van der Waals surface area contributed by atoms with Gasteiger partial charge in [0.1, 0.15) is 5.75 Å². The smallest absolute Gasteiger partial charge is 0.245 e. The summed E-state index contributed by atoms with van der Waals surface area (Å²) in [7, 11) is -1.72. The summed E-state index contributed by atoms with van der Waals surface area (Å²) in [5.74, 6) is 0.951. The maximum Gasteiger partial charge on any atom is 0.245 e. The fourth-order valence-corrected chi connectivity index (χ4v) is 4.09. The summed E-state index contributed by atoms with van der Waals surface area (Å²) in [5.41, 5.74) is 0. The molecule has 0 aromatic heterocycles. The molecule has 0 saturated heterocycles. The fraction of sp³-hybridized carbons (Fsp3) is 0.312. The second-order valence-electron chi connectivity index (χ2n) is 5.38. The third-order valence-corrected chi connectivity index (χ3v) is 5.53. The first-order valence-corrected chi connectivity index (χ1v) is 9.77. The van der Waals surface area contributed by atoms with Crippen molar-refractivity contribution in [3.05, 3.63) is 42.5 Å². The van der Waals surface area contributed by atoms with Crippen molar-refractivity contribution in [1.29, 1.82) is 5.26 Å². The Hall–Kier alpha value is -1.79. The lowest BCUT2D eigenvalue weighted by atomic mass is 10.1. The Labute approximate surface area is 115 Å². The van der Waals surface area contributed by atoms with Crippen molar-refractivity contribution in [2.45, 2.75) is 32.0 Å².